The van der Waals surface area contributed by atoms with Crippen molar-refractivity contribution >= 4 is 16.9 Å². The van der Waals surface area contributed by atoms with E-state index in [0.717, 1.165) is 12.1 Å². The zero-order valence-corrected chi connectivity index (χ0v) is 15.0. The van der Waals surface area contributed by atoms with Crippen molar-refractivity contribution in [1.29, 1.82) is 0 Å². The molecule has 0 aliphatic carbocycles. The van der Waals surface area contributed by atoms with Gasteiger partial charge >= 0.3 is 5.97 Å². The number of hydrogen-bond acceptors (Lipinski definition) is 5. The zero-order valence-electron chi connectivity index (χ0n) is 15.0. The highest BCUT2D eigenvalue weighted by Gasteiger charge is 2.19. The third kappa shape index (κ3) is 3.53. The molecule has 0 fully saturated rings. The fraction of sp³-hybridized carbons (Fsp3) is 0.200. The molecule has 2 aromatic carbocycles. The van der Waals surface area contributed by atoms with E-state index in [4.69, 9.17) is 14.2 Å². The van der Waals surface area contributed by atoms with Crippen LogP contribution in [0.2, 0.25) is 0 Å². The average molecular weight is 373 g/mol. The molecule has 5 nitrogen and oxygen atoms in total. The molecule has 140 valence electrons. The van der Waals surface area contributed by atoms with Crippen LogP contribution in [0.15, 0.2) is 36.4 Å². The maximum atomic E-state index is 13.7. The van der Waals surface area contributed by atoms with Gasteiger partial charge in [0.05, 0.1) is 37.6 Å². The smallest absolute Gasteiger partial charge is 0.340 e. The summed E-state index contributed by atoms with van der Waals surface area (Å²) in [6.45, 7) is 1.84. The molecule has 0 aliphatic rings. The van der Waals surface area contributed by atoms with Gasteiger partial charge in [0.1, 0.15) is 0 Å². The monoisotopic (exact) mass is 373 g/mol. The van der Waals surface area contributed by atoms with Crippen molar-refractivity contribution in [2.24, 2.45) is 0 Å². The molecule has 27 heavy (non-hydrogen) atoms. The number of methoxy groups -OCH3 is 2. The van der Waals surface area contributed by atoms with Gasteiger partial charge < -0.3 is 14.2 Å². The van der Waals surface area contributed by atoms with Crippen molar-refractivity contribution in [1.82, 2.24) is 4.98 Å². The molecular formula is C20H17F2NO4. The molecule has 0 amide bonds. The standard InChI is InChI=1S/C20H17F2NO4/c1-4-27-20(24)13-7-12-9-17(25-2)18(26-3)10-16(12)23-19(13)11-5-6-14(21)15(22)8-11/h5-10H,4H2,1-3H3. The van der Waals surface area contributed by atoms with Gasteiger partial charge in [-0.05, 0) is 37.3 Å². The van der Waals surface area contributed by atoms with Gasteiger partial charge in [-0.1, -0.05) is 0 Å². The predicted octanol–water partition coefficient (Wildman–Crippen LogP) is 4.37. The van der Waals surface area contributed by atoms with Crippen LogP contribution < -0.4 is 9.47 Å². The molecule has 1 heterocycles. The lowest BCUT2D eigenvalue weighted by molar-refractivity contribution is 0.0527. The van der Waals surface area contributed by atoms with Gasteiger partial charge in [-0.15, -0.1) is 0 Å². The SMILES string of the molecule is CCOC(=O)c1cc2cc(OC)c(OC)cc2nc1-c1ccc(F)c(F)c1. The molecule has 0 saturated heterocycles. The van der Waals surface area contributed by atoms with Crippen LogP contribution in [-0.4, -0.2) is 31.8 Å². The van der Waals surface area contributed by atoms with Gasteiger partial charge in [0.2, 0.25) is 0 Å². The first kappa shape index (κ1) is 18.6. The third-order valence-electron chi connectivity index (χ3n) is 4.01. The number of hydrogen-bond donors (Lipinski definition) is 0. The molecule has 1 aromatic heterocycles. The molecule has 0 unspecified atom stereocenters. The highest BCUT2D eigenvalue weighted by Crippen LogP contribution is 2.34. The number of ether oxygens (including phenoxy) is 3. The predicted molar refractivity (Wildman–Crippen MR) is 96.2 cm³/mol. The summed E-state index contributed by atoms with van der Waals surface area (Å²) < 4.78 is 42.7. The Balaban J connectivity index is 2.29. The van der Waals surface area contributed by atoms with Crippen LogP contribution in [-0.2, 0) is 4.74 Å². The Morgan fingerprint density at radius 2 is 1.70 bits per heavy atom. The van der Waals surface area contributed by atoms with E-state index in [9.17, 15) is 13.6 Å². The van der Waals surface area contributed by atoms with E-state index in [1.165, 1.54) is 20.3 Å². The minimum atomic E-state index is -1.03. The van der Waals surface area contributed by atoms with Gasteiger partial charge in [-0.2, -0.15) is 0 Å². The Labute approximate surface area is 154 Å². The van der Waals surface area contributed by atoms with Crippen LogP contribution in [0.25, 0.3) is 22.2 Å². The van der Waals surface area contributed by atoms with Crippen LogP contribution in [0.3, 0.4) is 0 Å². The van der Waals surface area contributed by atoms with Gasteiger partial charge in [0.25, 0.3) is 0 Å². The summed E-state index contributed by atoms with van der Waals surface area (Å²) in [5.74, 6) is -1.69. The largest absolute Gasteiger partial charge is 0.493 e. The molecule has 0 N–H and O–H groups in total. The van der Waals surface area contributed by atoms with Crippen molar-refractivity contribution < 1.29 is 27.8 Å². The maximum Gasteiger partial charge on any atom is 0.340 e. The van der Waals surface area contributed by atoms with E-state index in [0.29, 0.717) is 22.4 Å². The third-order valence-corrected chi connectivity index (χ3v) is 4.01. The lowest BCUT2D eigenvalue weighted by Gasteiger charge is -2.13. The molecule has 0 atom stereocenters. The zero-order chi connectivity index (χ0) is 19.6. The molecule has 0 bridgehead atoms. The highest BCUT2D eigenvalue weighted by molar-refractivity contribution is 6.01. The van der Waals surface area contributed by atoms with Gasteiger partial charge in [0, 0.05) is 17.0 Å². The highest BCUT2D eigenvalue weighted by atomic mass is 19.2. The molecule has 0 radical (unpaired) electrons. The minimum Gasteiger partial charge on any atom is -0.493 e. The summed E-state index contributed by atoms with van der Waals surface area (Å²) in [4.78, 5) is 16.9. The van der Waals surface area contributed by atoms with Crippen molar-refractivity contribution in [3.63, 3.8) is 0 Å². The number of rotatable bonds is 5. The van der Waals surface area contributed by atoms with E-state index in [-0.39, 0.29) is 23.4 Å². The number of pyridine rings is 1. The van der Waals surface area contributed by atoms with E-state index < -0.39 is 17.6 Å². The number of halogens is 2. The van der Waals surface area contributed by atoms with E-state index >= 15 is 0 Å². The molecule has 0 saturated carbocycles. The molecule has 3 rings (SSSR count). The van der Waals surface area contributed by atoms with Crippen molar-refractivity contribution in [2.75, 3.05) is 20.8 Å². The topological polar surface area (TPSA) is 57.7 Å². The summed E-state index contributed by atoms with van der Waals surface area (Å²) in [6.07, 6.45) is 0. The quantitative estimate of drug-likeness (QED) is 0.622. The summed E-state index contributed by atoms with van der Waals surface area (Å²) in [5.41, 5.74) is 1.09. The van der Waals surface area contributed by atoms with Crippen LogP contribution in [0.5, 0.6) is 11.5 Å². The molecule has 0 spiro atoms. The Bertz CT molecular complexity index is 1020. The summed E-state index contributed by atoms with van der Waals surface area (Å²) in [6, 6.07) is 8.24. The second kappa shape index (κ2) is 7.57. The van der Waals surface area contributed by atoms with E-state index in [1.807, 2.05) is 0 Å². The molecule has 3 aromatic rings. The number of esters is 1. The van der Waals surface area contributed by atoms with E-state index in [1.54, 1.807) is 25.1 Å². The van der Waals surface area contributed by atoms with Gasteiger partial charge in [0.15, 0.2) is 23.1 Å². The number of aromatic nitrogens is 1. The summed E-state index contributed by atoms with van der Waals surface area (Å²) in [5, 5.41) is 0.613. The van der Waals surface area contributed by atoms with Crippen LogP contribution in [0.1, 0.15) is 17.3 Å². The van der Waals surface area contributed by atoms with Crippen molar-refractivity contribution in [3.8, 4) is 22.8 Å². The fourth-order valence-electron chi connectivity index (χ4n) is 2.73. The van der Waals surface area contributed by atoms with Gasteiger partial charge in [-0.25, -0.2) is 18.6 Å². The second-order valence-electron chi connectivity index (χ2n) is 5.63. The maximum absolute atomic E-state index is 13.7. The number of benzene rings is 2. The number of nitrogens with zero attached hydrogens (tertiary/aromatic N) is 1. The van der Waals surface area contributed by atoms with Crippen LogP contribution in [0, 0.1) is 11.6 Å². The first-order chi connectivity index (χ1) is 13.0. The lowest BCUT2D eigenvalue weighted by Crippen LogP contribution is -2.08. The Hall–Kier alpha value is -3.22. The molecule has 7 heteroatoms. The number of carbonyl (C=O) groups is 1. The first-order valence-corrected chi connectivity index (χ1v) is 8.17. The van der Waals surface area contributed by atoms with Crippen molar-refractivity contribution in [3.05, 3.63) is 53.6 Å². The minimum absolute atomic E-state index is 0.141. The van der Waals surface area contributed by atoms with Gasteiger partial charge in [-0.3, -0.25) is 0 Å². The summed E-state index contributed by atoms with van der Waals surface area (Å²) >= 11 is 0. The number of fused-ring (bicyclic) bond motifs is 1. The van der Waals surface area contributed by atoms with Crippen molar-refractivity contribution in [2.45, 2.75) is 6.92 Å². The summed E-state index contributed by atoms with van der Waals surface area (Å²) in [7, 11) is 2.99. The lowest BCUT2D eigenvalue weighted by atomic mass is 10.0. The Morgan fingerprint density at radius 1 is 1.00 bits per heavy atom. The molecule has 0 aliphatic heterocycles. The Morgan fingerprint density at radius 3 is 2.33 bits per heavy atom. The Kier molecular flexibility index (Phi) is 5.21. The van der Waals surface area contributed by atoms with Crippen LogP contribution >= 0.6 is 0 Å². The normalized spacial score (nSPS) is 10.7. The fourth-order valence-corrected chi connectivity index (χ4v) is 2.73. The molecular weight excluding hydrogens is 356 g/mol. The first-order valence-electron chi connectivity index (χ1n) is 8.17. The second-order valence-corrected chi connectivity index (χ2v) is 5.63. The number of carbonyl (C=O) groups excluding carboxylic acids is 1. The van der Waals surface area contributed by atoms with E-state index in [2.05, 4.69) is 4.98 Å². The average Bonchev–Trinajstić information content (AvgIpc) is 2.68. The van der Waals surface area contributed by atoms with Crippen LogP contribution in [0.4, 0.5) is 8.78 Å².